The summed E-state index contributed by atoms with van der Waals surface area (Å²) in [5.74, 6) is 0.316. The van der Waals surface area contributed by atoms with Crippen molar-refractivity contribution in [2.45, 2.75) is 96.0 Å². The van der Waals surface area contributed by atoms with Gasteiger partial charge in [-0.25, -0.2) is 13.2 Å². The standard InChI is InChI=1S/C24H38BNO7S/c1-16-18(25-32-23(5,6)24(7,8)33-25)10-11-19(20(16)34(9,28)29)30-17-12-14-26(15-13-17)21(27)31-22(2,3)4/h10-11,17H,12-15H2,1-9H3. The Kier molecular flexibility index (Phi) is 7.12. The van der Waals surface area contributed by atoms with E-state index in [4.69, 9.17) is 18.8 Å². The molecule has 2 fully saturated rings. The average molecular weight is 495 g/mol. The lowest BCUT2D eigenvalue weighted by Gasteiger charge is -2.33. The zero-order valence-electron chi connectivity index (χ0n) is 21.9. The van der Waals surface area contributed by atoms with E-state index in [9.17, 15) is 13.2 Å². The van der Waals surface area contributed by atoms with E-state index in [0.29, 0.717) is 42.7 Å². The predicted octanol–water partition coefficient (Wildman–Crippen LogP) is 3.48. The fourth-order valence-corrected chi connectivity index (χ4v) is 5.28. The summed E-state index contributed by atoms with van der Waals surface area (Å²) in [5.41, 5.74) is -0.388. The molecule has 190 valence electrons. The molecule has 2 aliphatic rings. The SMILES string of the molecule is Cc1c(B2OC(C)(C)C(C)(C)O2)ccc(OC2CCN(C(=O)OC(C)(C)C)CC2)c1S(C)(=O)=O. The molecule has 2 saturated heterocycles. The van der Waals surface area contributed by atoms with Gasteiger partial charge in [-0.05, 0) is 72.5 Å². The van der Waals surface area contributed by atoms with Crippen molar-refractivity contribution in [1.29, 1.82) is 0 Å². The summed E-state index contributed by atoms with van der Waals surface area (Å²) in [6.07, 6.45) is 1.80. The number of ether oxygens (including phenoxy) is 2. The van der Waals surface area contributed by atoms with Gasteiger partial charge < -0.3 is 23.7 Å². The van der Waals surface area contributed by atoms with Crippen LogP contribution in [0.5, 0.6) is 5.75 Å². The first-order valence-corrected chi connectivity index (χ1v) is 13.6. The van der Waals surface area contributed by atoms with Gasteiger partial charge in [-0.3, -0.25) is 0 Å². The second kappa shape index (κ2) is 9.02. The van der Waals surface area contributed by atoms with Gasteiger partial charge in [-0.15, -0.1) is 0 Å². The van der Waals surface area contributed by atoms with Crippen molar-refractivity contribution in [2.75, 3.05) is 19.3 Å². The number of nitrogens with zero attached hydrogens (tertiary/aromatic N) is 1. The van der Waals surface area contributed by atoms with Gasteiger partial charge in [0.1, 0.15) is 22.4 Å². The number of carbonyl (C=O) groups is 1. The summed E-state index contributed by atoms with van der Waals surface area (Å²) in [7, 11) is -4.26. The summed E-state index contributed by atoms with van der Waals surface area (Å²) < 4.78 is 49.5. The number of hydrogen-bond acceptors (Lipinski definition) is 7. The van der Waals surface area contributed by atoms with E-state index in [1.165, 1.54) is 6.26 Å². The number of amides is 1. The molecular weight excluding hydrogens is 457 g/mol. The molecule has 3 rings (SSSR count). The normalized spacial score (nSPS) is 21.0. The minimum absolute atomic E-state index is 0.147. The van der Waals surface area contributed by atoms with Gasteiger partial charge in [0.2, 0.25) is 0 Å². The van der Waals surface area contributed by atoms with Crippen molar-refractivity contribution in [1.82, 2.24) is 4.90 Å². The van der Waals surface area contributed by atoms with Crippen LogP contribution in [0, 0.1) is 6.92 Å². The molecule has 0 saturated carbocycles. The Labute approximate surface area is 204 Å². The number of hydrogen-bond donors (Lipinski definition) is 0. The molecule has 0 unspecified atom stereocenters. The van der Waals surface area contributed by atoms with E-state index >= 15 is 0 Å². The lowest BCUT2D eigenvalue weighted by Crippen LogP contribution is -2.44. The Morgan fingerprint density at radius 3 is 2.09 bits per heavy atom. The maximum Gasteiger partial charge on any atom is 0.495 e. The Morgan fingerprint density at radius 1 is 1.09 bits per heavy atom. The number of rotatable bonds is 4. The van der Waals surface area contributed by atoms with E-state index in [-0.39, 0.29) is 17.1 Å². The quantitative estimate of drug-likeness (QED) is 0.591. The van der Waals surface area contributed by atoms with E-state index in [0.717, 1.165) is 0 Å². The molecule has 0 atom stereocenters. The van der Waals surface area contributed by atoms with E-state index in [2.05, 4.69) is 0 Å². The highest BCUT2D eigenvalue weighted by Crippen LogP contribution is 2.38. The molecular formula is C24H38BNO7S. The van der Waals surface area contributed by atoms with Gasteiger partial charge in [0.15, 0.2) is 9.84 Å². The number of likely N-dealkylation sites (tertiary alicyclic amines) is 1. The van der Waals surface area contributed by atoms with Gasteiger partial charge >= 0.3 is 13.2 Å². The van der Waals surface area contributed by atoms with Crippen LogP contribution < -0.4 is 10.2 Å². The van der Waals surface area contributed by atoms with Gasteiger partial charge in [0, 0.05) is 32.2 Å². The third-order valence-corrected chi connectivity index (χ3v) is 7.93. The van der Waals surface area contributed by atoms with Crippen LogP contribution in [0.2, 0.25) is 0 Å². The highest BCUT2D eigenvalue weighted by atomic mass is 32.2. The Bertz CT molecular complexity index is 1020. The van der Waals surface area contributed by atoms with E-state index < -0.39 is 33.8 Å². The van der Waals surface area contributed by atoms with Crippen LogP contribution in [0.3, 0.4) is 0 Å². The van der Waals surface area contributed by atoms with Gasteiger partial charge in [-0.1, -0.05) is 6.07 Å². The number of carbonyl (C=O) groups excluding carboxylic acids is 1. The molecule has 0 N–H and O–H groups in total. The molecule has 2 heterocycles. The van der Waals surface area contributed by atoms with Crippen LogP contribution in [0.4, 0.5) is 4.79 Å². The fourth-order valence-electron chi connectivity index (χ4n) is 4.12. The molecule has 8 nitrogen and oxygen atoms in total. The van der Waals surface area contributed by atoms with E-state index in [1.54, 1.807) is 17.9 Å². The highest BCUT2D eigenvalue weighted by Gasteiger charge is 2.52. The zero-order chi connectivity index (χ0) is 25.7. The molecule has 0 aliphatic carbocycles. The van der Waals surface area contributed by atoms with Crippen LogP contribution in [-0.4, -0.2) is 68.8 Å². The molecule has 1 aromatic carbocycles. The molecule has 34 heavy (non-hydrogen) atoms. The van der Waals surface area contributed by atoms with Gasteiger partial charge in [-0.2, -0.15) is 0 Å². The Hall–Kier alpha value is -1.78. The van der Waals surface area contributed by atoms with Crippen molar-refractivity contribution in [3.63, 3.8) is 0 Å². The smallest absolute Gasteiger partial charge is 0.489 e. The summed E-state index contributed by atoms with van der Waals surface area (Å²) in [5, 5.41) is 0. The maximum absolute atomic E-state index is 12.8. The molecule has 0 spiro atoms. The molecule has 1 amide bonds. The van der Waals surface area contributed by atoms with Crippen molar-refractivity contribution in [2.24, 2.45) is 0 Å². The Morgan fingerprint density at radius 2 is 1.62 bits per heavy atom. The van der Waals surface area contributed by atoms with Crippen molar-refractivity contribution >= 4 is 28.5 Å². The average Bonchev–Trinajstić information content (AvgIpc) is 2.87. The van der Waals surface area contributed by atoms with Crippen LogP contribution in [0.25, 0.3) is 0 Å². The fraction of sp³-hybridized carbons (Fsp3) is 0.708. The number of piperidine rings is 1. The summed E-state index contributed by atoms with van der Waals surface area (Å²) in [4.78, 5) is 14.1. The number of benzene rings is 1. The van der Waals surface area contributed by atoms with Gasteiger partial charge in [0.05, 0.1) is 11.2 Å². The van der Waals surface area contributed by atoms with Crippen LogP contribution in [-0.2, 0) is 23.9 Å². The first-order valence-electron chi connectivity index (χ1n) is 11.7. The highest BCUT2D eigenvalue weighted by molar-refractivity contribution is 7.90. The van der Waals surface area contributed by atoms with Crippen LogP contribution in [0.1, 0.15) is 66.9 Å². The summed E-state index contributed by atoms with van der Waals surface area (Å²) >= 11 is 0. The molecule has 0 aromatic heterocycles. The molecule has 10 heteroatoms. The first kappa shape index (κ1) is 26.8. The Balaban J connectivity index is 1.79. The molecule has 0 radical (unpaired) electrons. The molecule has 2 aliphatic heterocycles. The summed E-state index contributed by atoms with van der Waals surface area (Å²) in [6.45, 7) is 16.1. The molecule has 1 aromatic rings. The van der Waals surface area contributed by atoms with Crippen LogP contribution in [0.15, 0.2) is 17.0 Å². The first-order chi connectivity index (χ1) is 15.4. The van der Waals surface area contributed by atoms with Crippen molar-refractivity contribution in [3.05, 3.63) is 17.7 Å². The van der Waals surface area contributed by atoms with Gasteiger partial charge in [0.25, 0.3) is 0 Å². The maximum atomic E-state index is 12.8. The lowest BCUT2D eigenvalue weighted by atomic mass is 9.76. The predicted molar refractivity (Wildman–Crippen MR) is 131 cm³/mol. The minimum atomic E-state index is -3.59. The monoisotopic (exact) mass is 495 g/mol. The summed E-state index contributed by atoms with van der Waals surface area (Å²) in [6, 6.07) is 3.50. The van der Waals surface area contributed by atoms with Crippen molar-refractivity contribution < 1.29 is 32.0 Å². The largest absolute Gasteiger partial charge is 0.495 e. The lowest BCUT2D eigenvalue weighted by molar-refractivity contribution is 0.00578. The third-order valence-electron chi connectivity index (χ3n) is 6.68. The van der Waals surface area contributed by atoms with E-state index in [1.807, 2.05) is 54.5 Å². The second-order valence-electron chi connectivity index (χ2n) is 11.3. The molecule has 0 bridgehead atoms. The van der Waals surface area contributed by atoms with Crippen molar-refractivity contribution in [3.8, 4) is 5.75 Å². The second-order valence-corrected chi connectivity index (χ2v) is 13.2. The topological polar surface area (TPSA) is 91.4 Å². The van der Waals surface area contributed by atoms with Crippen LogP contribution >= 0.6 is 0 Å². The number of sulfone groups is 1. The zero-order valence-corrected chi connectivity index (χ0v) is 22.7. The minimum Gasteiger partial charge on any atom is -0.489 e. The third kappa shape index (κ3) is 5.71.